The largest absolute Gasteiger partial charge is 0.496 e. The van der Waals surface area contributed by atoms with Gasteiger partial charge in [-0.25, -0.2) is 0 Å². The van der Waals surface area contributed by atoms with E-state index in [-0.39, 0.29) is 0 Å². The fourth-order valence-electron chi connectivity index (χ4n) is 1.76. The van der Waals surface area contributed by atoms with E-state index in [1.807, 2.05) is 6.92 Å². The molecule has 0 fully saturated rings. The molecule has 2 N–H and O–H groups in total. The first kappa shape index (κ1) is 14.3. The van der Waals surface area contributed by atoms with Crippen LogP contribution in [0.1, 0.15) is 5.56 Å². The molecule has 0 radical (unpaired) electrons. The van der Waals surface area contributed by atoms with Gasteiger partial charge in [0.1, 0.15) is 23.0 Å². The molecule has 0 aliphatic carbocycles. The van der Waals surface area contributed by atoms with Crippen LogP contribution in [0.15, 0.2) is 30.3 Å². The minimum Gasteiger partial charge on any atom is -0.496 e. The summed E-state index contributed by atoms with van der Waals surface area (Å²) in [6.07, 6.45) is 0. The van der Waals surface area contributed by atoms with Gasteiger partial charge in [-0.1, -0.05) is 11.6 Å². The van der Waals surface area contributed by atoms with Crippen molar-refractivity contribution in [3.05, 3.63) is 40.9 Å². The van der Waals surface area contributed by atoms with E-state index in [1.54, 1.807) is 44.6 Å². The number of nitrogen functional groups attached to an aromatic ring is 1. The summed E-state index contributed by atoms with van der Waals surface area (Å²) in [6.45, 7) is 1.90. The average molecular weight is 294 g/mol. The minimum absolute atomic E-state index is 0.459. The lowest BCUT2D eigenvalue weighted by Gasteiger charge is -2.12. The van der Waals surface area contributed by atoms with Gasteiger partial charge in [-0.2, -0.15) is 0 Å². The van der Waals surface area contributed by atoms with Crippen molar-refractivity contribution in [2.75, 3.05) is 20.0 Å². The monoisotopic (exact) mass is 293 g/mol. The van der Waals surface area contributed by atoms with Gasteiger partial charge < -0.3 is 19.9 Å². The molecule has 0 spiro atoms. The molecule has 2 aromatic carbocycles. The van der Waals surface area contributed by atoms with Gasteiger partial charge in [0, 0.05) is 24.3 Å². The molecule has 4 nitrogen and oxygen atoms in total. The third kappa shape index (κ3) is 3.08. The van der Waals surface area contributed by atoms with Crippen LogP contribution in [0, 0.1) is 6.92 Å². The molecular weight excluding hydrogens is 278 g/mol. The first-order chi connectivity index (χ1) is 9.53. The minimum atomic E-state index is 0.459. The highest BCUT2D eigenvalue weighted by Crippen LogP contribution is 2.35. The molecule has 20 heavy (non-hydrogen) atoms. The van der Waals surface area contributed by atoms with Crippen LogP contribution >= 0.6 is 11.6 Å². The standard InChI is InChI=1S/C15H16ClNO3/c1-9-4-14(17)13(16)8-15(9)20-12-6-10(18-2)5-11(7-12)19-3/h4-8H,17H2,1-3H3. The highest BCUT2D eigenvalue weighted by Gasteiger charge is 2.08. The van der Waals surface area contributed by atoms with Crippen molar-refractivity contribution < 1.29 is 14.2 Å². The number of benzene rings is 2. The third-order valence-corrected chi connectivity index (χ3v) is 3.17. The highest BCUT2D eigenvalue weighted by molar-refractivity contribution is 6.33. The molecule has 2 aromatic rings. The maximum absolute atomic E-state index is 6.01. The Morgan fingerprint density at radius 1 is 0.900 bits per heavy atom. The zero-order chi connectivity index (χ0) is 14.7. The van der Waals surface area contributed by atoms with Gasteiger partial charge in [0.25, 0.3) is 0 Å². The Kier molecular flexibility index (Phi) is 4.25. The second-order valence-corrected chi connectivity index (χ2v) is 4.70. The maximum Gasteiger partial charge on any atom is 0.134 e. The normalized spacial score (nSPS) is 10.2. The molecule has 0 bridgehead atoms. The van der Waals surface area contributed by atoms with Gasteiger partial charge in [0.2, 0.25) is 0 Å². The Morgan fingerprint density at radius 3 is 2.00 bits per heavy atom. The Morgan fingerprint density at radius 2 is 1.45 bits per heavy atom. The lowest BCUT2D eigenvalue weighted by atomic mass is 10.2. The van der Waals surface area contributed by atoms with Gasteiger partial charge in [-0.15, -0.1) is 0 Å². The molecule has 0 unspecified atom stereocenters. The summed E-state index contributed by atoms with van der Waals surface area (Å²) in [4.78, 5) is 0. The third-order valence-electron chi connectivity index (χ3n) is 2.85. The summed E-state index contributed by atoms with van der Waals surface area (Å²) >= 11 is 6.01. The molecule has 2 rings (SSSR count). The summed E-state index contributed by atoms with van der Waals surface area (Å²) < 4.78 is 16.2. The molecule has 106 valence electrons. The van der Waals surface area contributed by atoms with E-state index in [1.165, 1.54) is 0 Å². The van der Waals surface area contributed by atoms with Crippen LogP contribution in [-0.4, -0.2) is 14.2 Å². The van der Waals surface area contributed by atoms with E-state index in [0.717, 1.165) is 5.56 Å². The van der Waals surface area contributed by atoms with Gasteiger partial charge >= 0.3 is 0 Å². The second kappa shape index (κ2) is 5.92. The van der Waals surface area contributed by atoms with Crippen LogP contribution in [0.25, 0.3) is 0 Å². The number of aryl methyl sites for hydroxylation is 1. The van der Waals surface area contributed by atoms with Crippen LogP contribution in [0.4, 0.5) is 5.69 Å². The van der Waals surface area contributed by atoms with Crippen molar-refractivity contribution in [2.45, 2.75) is 6.92 Å². The summed E-state index contributed by atoms with van der Waals surface area (Å²) in [5.74, 6) is 2.54. The zero-order valence-corrected chi connectivity index (χ0v) is 12.3. The first-order valence-electron chi connectivity index (χ1n) is 6.00. The molecule has 0 aromatic heterocycles. The van der Waals surface area contributed by atoms with Crippen molar-refractivity contribution in [3.8, 4) is 23.0 Å². The fourth-order valence-corrected chi connectivity index (χ4v) is 1.92. The maximum atomic E-state index is 6.01. The van der Waals surface area contributed by atoms with E-state index in [9.17, 15) is 0 Å². The molecule has 0 heterocycles. The molecule has 0 saturated heterocycles. The molecule has 0 aliphatic heterocycles. The zero-order valence-electron chi connectivity index (χ0n) is 11.6. The van der Waals surface area contributed by atoms with E-state index in [0.29, 0.717) is 33.7 Å². The van der Waals surface area contributed by atoms with Gasteiger partial charge in [0.15, 0.2) is 0 Å². The summed E-state index contributed by atoms with van der Waals surface area (Å²) in [6, 6.07) is 8.78. The van der Waals surface area contributed by atoms with E-state index < -0.39 is 0 Å². The number of rotatable bonds is 4. The average Bonchev–Trinajstić information content (AvgIpc) is 2.44. The quantitative estimate of drug-likeness (QED) is 0.864. The lowest BCUT2D eigenvalue weighted by molar-refractivity contribution is 0.386. The van der Waals surface area contributed by atoms with Gasteiger partial charge in [-0.05, 0) is 18.6 Å². The van der Waals surface area contributed by atoms with E-state index in [4.69, 9.17) is 31.5 Å². The molecule has 0 saturated carbocycles. The lowest BCUT2D eigenvalue weighted by Crippen LogP contribution is -1.94. The second-order valence-electron chi connectivity index (χ2n) is 4.29. The summed E-state index contributed by atoms with van der Waals surface area (Å²) in [5.41, 5.74) is 7.17. The molecule has 0 aliphatic rings. The van der Waals surface area contributed by atoms with E-state index in [2.05, 4.69) is 0 Å². The van der Waals surface area contributed by atoms with Crippen molar-refractivity contribution in [1.82, 2.24) is 0 Å². The van der Waals surface area contributed by atoms with Crippen LogP contribution in [0.3, 0.4) is 0 Å². The number of halogens is 1. The Hall–Kier alpha value is -2.07. The van der Waals surface area contributed by atoms with Crippen molar-refractivity contribution >= 4 is 17.3 Å². The van der Waals surface area contributed by atoms with Gasteiger partial charge in [0.05, 0.1) is 24.9 Å². The predicted molar refractivity (Wildman–Crippen MR) is 80.2 cm³/mol. The number of methoxy groups -OCH3 is 2. The number of anilines is 1. The summed E-state index contributed by atoms with van der Waals surface area (Å²) in [5, 5.41) is 0.459. The first-order valence-corrected chi connectivity index (χ1v) is 6.38. The van der Waals surface area contributed by atoms with Crippen LogP contribution < -0.4 is 19.9 Å². The van der Waals surface area contributed by atoms with Crippen LogP contribution in [-0.2, 0) is 0 Å². The number of ether oxygens (including phenoxy) is 3. The number of hydrogen-bond donors (Lipinski definition) is 1. The Labute approximate surface area is 123 Å². The molecule has 0 atom stereocenters. The van der Waals surface area contributed by atoms with E-state index >= 15 is 0 Å². The topological polar surface area (TPSA) is 53.7 Å². The SMILES string of the molecule is COc1cc(OC)cc(Oc2cc(Cl)c(N)cc2C)c1. The van der Waals surface area contributed by atoms with Crippen molar-refractivity contribution in [3.63, 3.8) is 0 Å². The number of nitrogens with two attached hydrogens (primary N) is 1. The Balaban J connectivity index is 2.36. The molecular formula is C15H16ClNO3. The molecule has 5 heteroatoms. The highest BCUT2D eigenvalue weighted by atomic mass is 35.5. The summed E-state index contributed by atoms with van der Waals surface area (Å²) in [7, 11) is 3.17. The van der Waals surface area contributed by atoms with Crippen LogP contribution in [0.2, 0.25) is 5.02 Å². The van der Waals surface area contributed by atoms with Crippen LogP contribution in [0.5, 0.6) is 23.0 Å². The fraction of sp³-hybridized carbons (Fsp3) is 0.200. The predicted octanol–water partition coefficient (Wildman–Crippen LogP) is 4.04. The van der Waals surface area contributed by atoms with Crippen molar-refractivity contribution in [1.29, 1.82) is 0 Å². The smallest absolute Gasteiger partial charge is 0.134 e. The number of hydrogen-bond acceptors (Lipinski definition) is 4. The van der Waals surface area contributed by atoms with Crippen molar-refractivity contribution in [2.24, 2.45) is 0 Å². The molecule has 0 amide bonds. The Bertz CT molecular complexity index is 607. The van der Waals surface area contributed by atoms with Gasteiger partial charge in [-0.3, -0.25) is 0 Å².